The Hall–Kier alpha value is -3.50. The SMILES string of the molecule is Cc1cccc(C)c1-c1cc2nc(n1)NS(=O)(=O)c1cccc(c1)C(=O)N1C[C@@H](CN(CC(C)(C)C)C[C@H]1CC(C)C)O2. The molecule has 1 N–H and O–H groups in total. The molecular formula is C33H43N5O4S. The number of hydrogen-bond donors (Lipinski definition) is 1. The fourth-order valence-electron chi connectivity index (χ4n) is 6.24. The first-order valence-electron chi connectivity index (χ1n) is 15.0. The van der Waals surface area contributed by atoms with E-state index in [2.05, 4.69) is 54.2 Å². The van der Waals surface area contributed by atoms with Crippen LogP contribution in [0.4, 0.5) is 5.95 Å². The van der Waals surface area contributed by atoms with Crippen molar-refractivity contribution in [1.29, 1.82) is 0 Å². The Morgan fingerprint density at radius 1 is 1.00 bits per heavy atom. The van der Waals surface area contributed by atoms with Crippen LogP contribution in [0.15, 0.2) is 53.4 Å². The number of fused-ring (bicyclic) bond motifs is 6. The summed E-state index contributed by atoms with van der Waals surface area (Å²) >= 11 is 0. The normalized spacial score (nSPS) is 20.7. The summed E-state index contributed by atoms with van der Waals surface area (Å²) < 4.78 is 36.3. The van der Waals surface area contributed by atoms with E-state index in [4.69, 9.17) is 4.74 Å². The molecule has 2 aliphatic rings. The number of aryl methyl sites for hydroxylation is 2. The highest BCUT2D eigenvalue weighted by Gasteiger charge is 2.36. The molecule has 1 saturated heterocycles. The summed E-state index contributed by atoms with van der Waals surface area (Å²) in [6, 6.07) is 13.9. The molecule has 3 heterocycles. The van der Waals surface area contributed by atoms with Gasteiger partial charge in [0.1, 0.15) is 6.10 Å². The van der Waals surface area contributed by atoms with Gasteiger partial charge in [0.05, 0.1) is 17.1 Å². The van der Waals surface area contributed by atoms with Gasteiger partial charge in [-0.05, 0) is 60.9 Å². The first-order chi connectivity index (χ1) is 20.2. The fraction of sp³-hybridized carbons (Fsp3) is 0.485. The maximum absolute atomic E-state index is 14.2. The molecule has 2 aromatic carbocycles. The Morgan fingerprint density at radius 3 is 2.37 bits per heavy atom. The molecule has 0 radical (unpaired) electrons. The van der Waals surface area contributed by atoms with Crippen LogP contribution in [0, 0.1) is 25.2 Å². The number of anilines is 1. The number of benzene rings is 2. The minimum Gasteiger partial charge on any atom is -0.471 e. The third kappa shape index (κ3) is 7.18. The summed E-state index contributed by atoms with van der Waals surface area (Å²) in [5.74, 6) is 0.325. The van der Waals surface area contributed by atoms with Gasteiger partial charge in [0.25, 0.3) is 15.9 Å². The van der Waals surface area contributed by atoms with Crippen molar-refractivity contribution in [3.05, 3.63) is 65.2 Å². The third-order valence-corrected chi connectivity index (χ3v) is 9.14. The van der Waals surface area contributed by atoms with E-state index in [0.29, 0.717) is 36.8 Å². The zero-order chi connectivity index (χ0) is 31.1. The van der Waals surface area contributed by atoms with Crippen molar-refractivity contribution in [2.24, 2.45) is 11.3 Å². The van der Waals surface area contributed by atoms with Crippen LogP contribution >= 0.6 is 0 Å². The second-order valence-corrected chi connectivity index (χ2v) is 15.2. The highest BCUT2D eigenvalue weighted by molar-refractivity contribution is 7.92. The quantitative estimate of drug-likeness (QED) is 0.416. The standard InChI is InChI=1S/C33H43N5O4S/c1-21(2)14-25-17-37(20-33(5,6)7)18-26-19-38(25)31(39)24-12-9-13-27(15-24)43(40,41)36-32-34-28(16-29(35-32)42-26)30-22(3)10-8-11-23(30)4/h8-13,15-16,21,25-26H,14,17-20H2,1-7H3,(H,34,35,36)/t25-,26-/m1/s1. The lowest BCUT2D eigenvalue weighted by Gasteiger charge is -2.35. The fourth-order valence-corrected chi connectivity index (χ4v) is 7.23. The van der Waals surface area contributed by atoms with E-state index in [0.717, 1.165) is 29.7 Å². The van der Waals surface area contributed by atoms with Gasteiger partial charge >= 0.3 is 0 Å². The minimum atomic E-state index is -4.10. The number of nitrogens with zero attached hydrogens (tertiary/aromatic N) is 4. The Kier molecular flexibility index (Phi) is 8.55. The first kappa shape index (κ1) is 30.9. The van der Waals surface area contributed by atoms with Crippen LogP contribution in [-0.2, 0) is 10.0 Å². The number of rotatable bonds is 4. The Morgan fingerprint density at radius 2 is 1.70 bits per heavy atom. The van der Waals surface area contributed by atoms with Gasteiger partial charge < -0.3 is 9.64 Å². The van der Waals surface area contributed by atoms with Gasteiger partial charge in [-0.1, -0.05) is 58.9 Å². The third-order valence-electron chi connectivity index (χ3n) is 7.82. The lowest BCUT2D eigenvalue weighted by Crippen LogP contribution is -2.47. The number of sulfonamides is 1. The summed E-state index contributed by atoms with van der Waals surface area (Å²) in [6.07, 6.45) is 0.407. The van der Waals surface area contributed by atoms with Crippen molar-refractivity contribution in [2.75, 3.05) is 30.9 Å². The maximum atomic E-state index is 14.2. The van der Waals surface area contributed by atoms with E-state index in [1.807, 2.05) is 36.9 Å². The van der Waals surface area contributed by atoms with Crippen molar-refractivity contribution in [3.63, 3.8) is 0 Å². The predicted octanol–water partition coefficient (Wildman–Crippen LogP) is 5.54. The van der Waals surface area contributed by atoms with E-state index in [-0.39, 0.29) is 34.1 Å². The molecule has 10 heteroatoms. The summed E-state index contributed by atoms with van der Waals surface area (Å²) in [4.78, 5) is 27.6. The highest BCUT2D eigenvalue weighted by atomic mass is 32.2. The van der Waals surface area contributed by atoms with E-state index >= 15 is 0 Å². The summed E-state index contributed by atoms with van der Waals surface area (Å²) in [5.41, 5.74) is 3.82. The van der Waals surface area contributed by atoms with Crippen LogP contribution in [0.5, 0.6) is 5.88 Å². The lowest BCUT2D eigenvalue weighted by molar-refractivity contribution is 0.0584. The van der Waals surface area contributed by atoms with Crippen LogP contribution < -0.4 is 9.46 Å². The molecule has 0 saturated carbocycles. The molecule has 0 spiro atoms. The summed E-state index contributed by atoms with van der Waals surface area (Å²) in [7, 11) is -4.10. The average molecular weight is 606 g/mol. The van der Waals surface area contributed by atoms with Gasteiger partial charge in [-0.2, -0.15) is 4.98 Å². The molecule has 1 aromatic heterocycles. The smallest absolute Gasteiger partial charge is 0.264 e. The van der Waals surface area contributed by atoms with E-state index < -0.39 is 16.1 Å². The Balaban J connectivity index is 1.69. The molecule has 9 nitrogen and oxygen atoms in total. The topological polar surface area (TPSA) is 105 Å². The lowest BCUT2D eigenvalue weighted by atomic mass is 9.95. The zero-order valence-corrected chi connectivity index (χ0v) is 27.0. The molecule has 6 bridgehead atoms. The molecular weight excluding hydrogens is 562 g/mol. The van der Waals surface area contributed by atoms with Crippen LogP contribution in [0.3, 0.4) is 0 Å². The van der Waals surface area contributed by atoms with Crippen LogP contribution in [0.25, 0.3) is 11.3 Å². The molecule has 43 heavy (non-hydrogen) atoms. The van der Waals surface area contributed by atoms with Crippen molar-refractivity contribution in [3.8, 4) is 17.1 Å². The summed E-state index contributed by atoms with van der Waals surface area (Å²) in [5, 5.41) is 0. The number of carbonyl (C=O) groups is 1. The predicted molar refractivity (Wildman–Crippen MR) is 169 cm³/mol. The van der Waals surface area contributed by atoms with Crippen molar-refractivity contribution >= 4 is 21.9 Å². The monoisotopic (exact) mass is 605 g/mol. The molecule has 5 rings (SSSR count). The molecule has 0 unspecified atom stereocenters. The first-order valence-corrected chi connectivity index (χ1v) is 16.5. The number of amides is 1. The van der Waals surface area contributed by atoms with Gasteiger partial charge in [-0.25, -0.2) is 18.1 Å². The van der Waals surface area contributed by atoms with Crippen molar-refractivity contribution < 1.29 is 17.9 Å². The van der Waals surface area contributed by atoms with Crippen molar-refractivity contribution in [1.82, 2.24) is 19.8 Å². The van der Waals surface area contributed by atoms with Crippen LogP contribution in [0.2, 0.25) is 0 Å². The van der Waals surface area contributed by atoms with E-state index in [1.54, 1.807) is 18.2 Å². The molecule has 230 valence electrons. The van der Waals surface area contributed by atoms with Gasteiger partial charge in [-0.3, -0.25) is 9.69 Å². The number of hydrogen-bond acceptors (Lipinski definition) is 7. The van der Waals surface area contributed by atoms with Gasteiger partial charge in [0.2, 0.25) is 11.8 Å². The molecule has 0 aliphatic carbocycles. The maximum Gasteiger partial charge on any atom is 0.264 e. The Bertz CT molecular complexity index is 1600. The van der Waals surface area contributed by atoms with Crippen LogP contribution in [0.1, 0.15) is 62.5 Å². The number of ether oxygens (including phenoxy) is 1. The van der Waals surface area contributed by atoms with Crippen LogP contribution in [-0.4, -0.2) is 72.4 Å². The molecule has 3 aromatic rings. The molecule has 2 aliphatic heterocycles. The largest absolute Gasteiger partial charge is 0.471 e. The van der Waals surface area contributed by atoms with Gasteiger partial charge in [0, 0.05) is 42.9 Å². The Labute approximate surface area is 255 Å². The van der Waals surface area contributed by atoms with Gasteiger partial charge in [0.15, 0.2) is 0 Å². The molecule has 2 atom stereocenters. The highest BCUT2D eigenvalue weighted by Crippen LogP contribution is 2.31. The molecule has 1 amide bonds. The average Bonchev–Trinajstić information content (AvgIpc) is 3.04. The molecule has 1 fully saturated rings. The number of aromatic nitrogens is 2. The number of carbonyl (C=O) groups excluding carboxylic acids is 1. The summed E-state index contributed by atoms with van der Waals surface area (Å²) in [6.45, 7) is 17.4. The van der Waals surface area contributed by atoms with Crippen molar-refractivity contribution in [2.45, 2.75) is 71.9 Å². The van der Waals surface area contributed by atoms with E-state index in [9.17, 15) is 13.2 Å². The number of nitrogens with one attached hydrogen (secondary N) is 1. The zero-order valence-electron chi connectivity index (χ0n) is 26.2. The second kappa shape index (κ2) is 11.9. The second-order valence-electron chi connectivity index (χ2n) is 13.6. The van der Waals surface area contributed by atoms with Gasteiger partial charge in [-0.15, -0.1) is 0 Å². The minimum absolute atomic E-state index is 0.0257. The van der Waals surface area contributed by atoms with E-state index in [1.165, 1.54) is 12.1 Å².